The van der Waals surface area contributed by atoms with E-state index >= 15 is 0 Å². The highest BCUT2D eigenvalue weighted by molar-refractivity contribution is 7.07. The van der Waals surface area contributed by atoms with E-state index in [1.54, 1.807) is 16.8 Å². The number of H-pyrrole nitrogens is 1. The number of hydrogen-bond acceptors (Lipinski definition) is 4. The molecule has 0 aliphatic carbocycles. The number of hydrogen-bond donors (Lipinski definition) is 2. The molecule has 0 saturated heterocycles. The molecule has 0 unspecified atom stereocenters. The van der Waals surface area contributed by atoms with Gasteiger partial charge >= 0.3 is 0 Å². The van der Waals surface area contributed by atoms with Gasteiger partial charge in [-0.25, -0.2) is 4.98 Å². The van der Waals surface area contributed by atoms with Crippen molar-refractivity contribution in [3.63, 3.8) is 0 Å². The summed E-state index contributed by atoms with van der Waals surface area (Å²) in [4.78, 5) is 7.54. The lowest BCUT2D eigenvalue weighted by Gasteiger charge is -2.07. The molecule has 1 aromatic carbocycles. The molecule has 4 nitrogen and oxygen atoms in total. The van der Waals surface area contributed by atoms with Gasteiger partial charge in [0.15, 0.2) is 0 Å². The Kier molecular flexibility index (Phi) is 5.69. The molecule has 0 aliphatic heterocycles. The minimum absolute atomic E-state index is 0. The van der Waals surface area contributed by atoms with Gasteiger partial charge in [-0.1, -0.05) is 18.5 Å². The number of nitrogens with zero attached hydrogens (tertiary/aromatic N) is 1. The molecule has 3 rings (SSSR count). The minimum atomic E-state index is 0. The molecule has 3 aromatic rings. The Bertz CT molecular complexity index is 756. The van der Waals surface area contributed by atoms with Crippen LogP contribution < -0.4 is 10.5 Å². The molecule has 0 spiro atoms. The van der Waals surface area contributed by atoms with Gasteiger partial charge in [0.25, 0.3) is 0 Å². The second-order valence-electron chi connectivity index (χ2n) is 4.74. The maximum atomic E-state index is 6.34. The first kappa shape index (κ1) is 17.1. The lowest BCUT2D eigenvalue weighted by molar-refractivity contribution is 0.302. The molecule has 0 saturated carbocycles. The molecule has 0 atom stereocenters. The Morgan fingerprint density at radius 1 is 1.41 bits per heavy atom. The second-order valence-corrected chi connectivity index (χ2v) is 5.86. The van der Waals surface area contributed by atoms with Crippen LogP contribution in [0.3, 0.4) is 0 Å². The van der Waals surface area contributed by atoms with Gasteiger partial charge in [-0.3, -0.25) is 0 Å². The van der Waals surface area contributed by atoms with E-state index in [4.69, 9.17) is 22.1 Å². The van der Waals surface area contributed by atoms with Crippen LogP contribution in [0.1, 0.15) is 23.9 Å². The molecule has 2 aromatic heterocycles. The highest BCUT2D eigenvalue weighted by Gasteiger charge is 2.13. The van der Waals surface area contributed by atoms with Crippen molar-refractivity contribution in [3.05, 3.63) is 45.0 Å². The van der Waals surface area contributed by atoms with E-state index in [-0.39, 0.29) is 12.4 Å². The van der Waals surface area contributed by atoms with E-state index in [1.165, 1.54) is 5.56 Å². The van der Waals surface area contributed by atoms with E-state index in [9.17, 15) is 0 Å². The van der Waals surface area contributed by atoms with E-state index in [0.717, 1.165) is 28.7 Å². The fraction of sp³-hybridized carbons (Fsp3) is 0.267. The standard InChI is InChI=1S/C15H16ClN3OS.ClH/c1-2-10-11-3-12(16)15(4-13(11)19-14(10)5-17)20-6-9-7-21-8-18-9;/h3-4,7-8,19H,2,5-6,17H2,1H3;1H. The van der Waals surface area contributed by atoms with E-state index in [0.29, 0.717) is 23.9 Å². The summed E-state index contributed by atoms with van der Waals surface area (Å²) in [5.41, 5.74) is 11.8. The Labute approximate surface area is 144 Å². The summed E-state index contributed by atoms with van der Waals surface area (Å²) in [7, 11) is 0. The van der Waals surface area contributed by atoms with Gasteiger partial charge in [0.05, 0.1) is 16.2 Å². The van der Waals surface area contributed by atoms with Crippen LogP contribution in [-0.4, -0.2) is 9.97 Å². The SMILES string of the molecule is CCc1c(CN)[nH]c2cc(OCc3cscn3)c(Cl)cc12.Cl. The minimum Gasteiger partial charge on any atom is -0.486 e. The van der Waals surface area contributed by atoms with Gasteiger partial charge in [-0.2, -0.15) is 0 Å². The topological polar surface area (TPSA) is 63.9 Å². The largest absolute Gasteiger partial charge is 0.486 e. The Hall–Kier alpha value is -1.27. The first-order valence-electron chi connectivity index (χ1n) is 6.75. The Morgan fingerprint density at radius 2 is 2.23 bits per heavy atom. The number of ether oxygens (including phenoxy) is 1. The number of fused-ring (bicyclic) bond motifs is 1. The molecule has 7 heteroatoms. The molecule has 0 radical (unpaired) electrons. The van der Waals surface area contributed by atoms with E-state index in [1.807, 2.05) is 17.5 Å². The summed E-state index contributed by atoms with van der Waals surface area (Å²) in [5, 5.41) is 3.68. The van der Waals surface area contributed by atoms with Crippen LogP contribution in [0.5, 0.6) is 5.75 Å². The molecular formula is C15H17Cl2N3OS. The number of nitrogens with one attached hydrogen (secondary N) is 1. The summed E-state index contributed by atoms with van der Waals surface area (Å²) >= 11 is 7.89. The van der Waals surface area contributed by atoms with Gasteiger partial charge < -0.3 is 15.5 Å². The predicted molar refractivity (Wildman–Crippen MR) is 94.3 cm³/mol. The third-order valence-electron chi connectivity index (χ3n) is 3.46. The fourth-order valence-electron chi connectivity index (χ4n) is 2.46. The summed E-state index contributed by atoms with van der Waals surface area (Å²) in [6.07, 6.45) is 0.919. The zero-order valence-electron chi connectivity index (χ0n) is 12.1. The maximum Gasteiger partial charge on any atom is 0.140 e. The smallest absolute Gasteiger partial charge is 0.140 e. The molecule has 2 heterocycles. The van der Waals surface area contributed by atoms with Gasteiger partial charge in [0, 0.05) is 34.6 Å². The first-order valence-corrected chi connectivity index (χ1v) is 8.08. The lowest BCUT2D eigenvalue weighted by Crippen LogP contribution is -1.99. The number of aromatic amines is 1. The normalized spacial score (nSPS) is 10.7. The fourth-order valence-corrected chi connectivity index (χ4v) is 3.22. The summed E-state index contributed by atoms with van der Waals surface area (Å²) in [6.45, 7) is 3.02. The van der Waals surface area contributed by atoms with Crippen LogP contribution in [0.25, 0.3) is 10.9 Å². The lowest BCUT2D eigenvalue weighted by atomic mass is 10.1. The Morgan fingerprint density at radius 3 is 2.86 bits per heavy atom. The molecular weight excluding hydrogens is 341 g/mol. The summed E-state index contributed by atoms with van der Waals surface area (Å²) in [6, 6.07) is 3.88. The van der Waals surface area contributed by atoms with Gasteiger partial charge in [0.1, 0.15) is 12.4 Å². The van der Waals surface area contributed by atoms with Crippen molar-refractivity contribution >= 4 is 46.2 Å². The molecule has 0 bridgehead atoms. The van der Waals surface area contributed by atoms with Crippen molar-refractivity contribution in [2.75, 3.05) is 0 Å². The molecule has 0 amide bonds. The summed E-state index contributed by atoms with van der Waals surface area (Å²) < 4.78 is 5.77. The molecule has 22 heavy (non-hydrogen) atoms. The number of thiazole rings is 1. The van der Waals surface area contributed by atoms with Crippen LogP contribution in [0, 0.1) is 0 Å². The van der Waals surface area contributed by atoms with Crippen molar-refractivity contribution in [1.29, 1.82) is 0 Å². The maximum absolute atomic E-state index is 6.34. The third-order valence-corrected chi connectivity index (χ3v) is 4.39. The van der Waals surface area contributed by atoms with Crippen LogP contribution in [-0.2, 0) is 19.6 Å². The number of aromatic nitrogens is 2. The zero-order chi connectivity index (χ0) is 14.8. The molecule has 0 aliphatic rings. The number of halogens is 2. The van der Waals surface area contributed by atoms with Crippen molar-refractivity contribution in [2.24, 2.45) is 5.73 Å². The monoisotopic (exact) mass is 357 g/mol. The van der Waals surface area contributed by atoms with E-state index in [2.05, 4.69) is 16.9 Å². The van der Waals surface area contributed by atoms with Crippen LogP contribution in [0.15, 0.2) is 23.0 Å². The number of aryl methyl sites for hydroxylation is 1. The average molecular weight is 358 g/mol. The van der Waals surface area contributed by atoms with Crippen molar-refractivity contribution < 1.29 is 4.74 Å². The van der Waals surface area contributed by atoms with Crippen LogP contribution in [0.2, 0.25) is 5.02 Å². The molecule has 118 valence electrons. The number of rotatable bonds is 5. The Balaban J connectivity index is 0.00000176. The van der Waals surface area contributed by atoms with Crippen molar-refractivity contribution in [2.45, 2.75) is 26.5 Å². The first-order chi connectivity index (χ1) is 10.2. The highest BCUT2D eigenvalue weighted by Crippen LogP contribution is 2.33. The molecule has 3 N–H and O–H groups in total. The van der Waals surface area contributed by atoms with Gasteiger partial charge in [0.2, 0.25) is 0 Å². The summed E-state index contributed by atoms with van der Waals surface area (Å²) in [5.74, 6) is 0.657. The quantitative estimate of drug-likeness (QED) is 0.715. The van der Waals surface area contributed by atoms with Crippen molar-refractivity contribution in [1.82, 2.24) is 9.97 Å². The number of nitrogens with two attached hydrogens (primary N) is 1. The van der Waals surface area contributed by atoms with Crippen molar-refractivity contribution in [3.8, 4) is 5.75 Å². The molecule has 0 fully saturated rings. The average Bonchev–Trinajstić information content (AvgIpc) is 3.11. The van der Waals surface area contributed by atoms with E-state index < -0.39 is 0 Å². The van der Waals surface area contributed by atoms with Gasteiger partial charge in [-0.15, -0.1) is 23.7 Å². The zero-order valence-corrected chi connectivity index (χ0v) is 14.4. The second kappa shape index (κ2) is 7.33. The van der Waals surface area contributed by atoms with Crippen LogP contribution in [0.4, 0.5) is 0 Å². The van der Waals surface area contributed by atoms with Crippen LogP contribution >= 0.6 is 35.3 Å². The van der Waals surface area contributed by atoms with Gasteiger partial charge in [-0.05, 0) is 18.1 Å². The highest BCUT2D eigenvalue weighted by atomic mass is 35.5. The number of benzene rings is 1. The predicted octanol–water partition coefficient (Wildman–Crippen LogP) is 4.30. The third kappa shape index (κ3) is 3.22.